The van der Waals surface area contributed by atoms with Gasteiger partial charge in [-0.1, -0.05) is 18.7 Å². The van der Waals surface area contributed by atoms with Crippen LogP contribution in [0, 0.1) is 23.5 Å². The number of nitrogens with two attached hydrogens (primary N) is 1. The van der Waals surface area contributed by atoms with Gasteiger partial charge in [-0.3, -0.25) is 9.79 Å². The Morgan fingerprint density at radius 1 is 1.27 bits per heavy atom. The Kier molecular flexibility index (Phi) is 6.36. The lowest BCUT2D eigenvalue weighted by Gasteiger charge is -2.34. The highest BCUT2D eigenvalue weighted by atomic mass is 32.2. The number of rotatable bonds is 8. The van der Waals surface area contributed by atoms with Gasteiger partial charge in [0.25, 0.3) is 5.91 Å². The summed E-state index contributed by atoms with van der Waals surface area (Å²) >= 11 is 1.40. The van der Waals surface area contributed by atoms with Gasteiger partial charge < -0.3 is 24.9 Å². The summed E-state index contributed by atoms with van der Waals surface area (Å²) in [4.78, 5) is 29.3. The number of carbonyl (C=O) groups excluding carboxylic acids is 1. The Balaban J connectivity index is 1.37. The molecule has 0 bridgehead atoms. The van der Waals surface area contributed by atoms with Crippen LogP contribution in [0.4, 0.5) is 14.5 Å². The number of halogens is 2. The summed E-state index contributed by atoms with van der Waals surface area (Å²) in [6.07, 6.45) is 5.36. The molecule has 194 valence electrons. The lowest BCUT2D eigenvalue weighted by molar-refractivity contribution is 0.102. The average molecular weight is 531 g/mol. The Labute approximate surface area is 215 Å². The van der Waals surface area contributed by atoms with Crippen LogP contribution in [-0.2, 0) is 16.9 Å². The minimum Gasteiger partial charge on any atom is -0.467 e. The van der Waals surface area contributed by atoms with Gasteiger partial charge in [-0.2, -0.15) is 0 Å². The van der Waals surface area contributed by atoms with E-state index in [1.54, 1.807) is 14.0 Å². The molecule has 0 saturated heterocycles. The maximum Gasteiger partial charge on any atom is 0.275 e. The highest BCUT2D eigenvalue weighted by Crippen LogP contribution is 2.69. The van der Waals surface area contributed by atoms with Crippen molar-refractivity contribution in [3.63, 3.8) is 0 Å². The van der Waals surface area contributed by atoms with E-state index in [1.165, 1.54) is 42.7 Å². The first-order valence-corrected chi connectivity index (χ1v) is 12.2. The zero-order valence-corrected chi connectivity index (χ0v) is 21.0. The van der Waals surface area contributed by atoms with Gasteiger partial charge in [-0.05, 0) is 18.9 Å². The molecular formula is C24H24F2N6O4S. The molecule has 2 aliphatic rings. The number of amidine groups is 1. The van der Waals surface area contributed by atoms with Gasteiger partial charge in [-0.25, -0.2) is 23.7 Å². The molecule has 1 amide bonds. The summed E-state index contributed by atoms with van der Waals surface area (Å²) < 4.78 is 45.4. The molecule has 1 fully saturated rings. The molecule has 1 aromatic carbocycles. The number of oxazole rings is 1. The minimum atomic E-state index is -1.15. The lowest BCUT2D eigenvalue weighted by Crippen LogP contribution is -2.38. The monoisotopic (exact) mass is 530 g/mol. The number of hydrogen-bond donors (Lipinski definition) is 2. The Morgan fingerprint density at radius 3 is 2.76 bits per heavy atom. The lowest BCUT2D eigenvalue weighted by atomic mass is 9.84. The summed E-state index contributed by atoms with van der Waals surface area (Å²) in [5.41, 5.74) is 4.97. The van der Waals surface area contributed by atoms with Gasteiger partial charge in [0.1, 0.15) is 12.0 Å². The molecule has 1 saturated carbocycles. The fourth-order valence-corrected chi connectivity index (χ4v) is 6.75. The fourth-order valence-electron chi connectivity index (χ4n) is 5.13. The molecule has 10 nitrogen and oxygen atoms in total. The SMILES string of the molecule is COC[C@@]12SC(N)=N[C@](C)(c3cc(NC(=O)c4cnc(OCc5ncco5)cn4)cc(F)c3F)[C@@H]1[C@@H]2C. The van der Waals surface area contributed by atoms with E-state index in [-0.39, 0.29) is 51.2 Å². The van der Waals surface area contributed by atoms with Crippen LogP contribution in [-0.4, -0.2) is 44.5 Å². The molecule has 0 spiro atoms. The minimum absolute atomic E-state index is 0.00208. The standard InChI is InChI=1S/C24H24F2N6O4S/c1-12-20-23(2,32-22(27)37-24(12,20)11-34-3)14-6-13(7-15(25)19(14)26)31-21(33)16-8-30-17(9-29-16)36-10-18-28-4-5-35-18/h4-9,12,20H,10-11H2,1-3H3,(H2,27,32)(H,31,33)/t12-,20-,23+,24-/m0/s1. The molecule has 3 heterocycles. The van der Waals surface area contributed by atoms with Gasteiger partial charge >= 0.3 is 0 Å². The van der Waals surface area contributed by atoms with Gasteiger partial charge in [0.15, 0.2) is 23.4 Å². The number of nitrogens with zero attached hydrogens (tertiary/aromatic N) is 4. The molecule has 0 radical (unpaired) electrons. The van der Waals surface area contributed by atoms with E-state index < -0.39 is 23.1 Å². The predicted molar refractivity (Wildman–Crippen MR) is 131 cm³/mol. The summed E-state index contributed by atoms with van der Waals surface area (Å²) in [6.45, 7) is 4.18. The second kappa shape index (κ2) is 9.38. The van der Waals surface area contributed by atoms with Gasteiger partial charge in [0.2, 0.25) is 11.8 Å². The Morgan fingerprint density at radius 2 is 2.08 bits per heavy atom. The van der Waals surface area contributed by atoms with E-state index in [1.807, 2.05) is 6.92 Å². The first-order valence-electron chi connectivity index (χ1n) is 11.4. The van der Waals surface area contributed by atoms with E-state index in [4.69, 9.17) is 19.6 Å². The molecule has 3 aromatic rings. The van der Waals surface area contributed by atoms with E-state index in [0.717, 1.165) is 6.07 Å². The molecule has 1 aliphatic heterocycles. The number of carbonyl (C=O) groups is 1. The predicted octanol–water partition coefficient (Wildman–Crippen LogP) is 3.50. The van der Waals surface area contributed by atoms with Crippen LogP contribution in [0.15, 0.2) is 46.4 Å². The van der Waals surface area contributed by atoms with Crippen LogP contribution in [0.3, 0.4) is 0 Å². The van der Waals surface area contributed by atoms with E-state index >= 15 is 4.39 Å². The molecule has 0 unspecified atom stereocenters. The smallest absolute Gasteiger partial charge is 0.275 e. The molecule has 1 aliphatic carbocycles. The second-order valence-electron chi connectivity index (χ2n) is 9.08. The number of amides is 1. The van der Waals surface area contributed by atoms with Crippen molar-refractivity contribution in [2.24, 2.45) is 22.6 Å². The normalized spacial score (nSPS) is 26.2. The van der Waals surface area contributed by atoms with Gasteiger partial charge in [0.05, 0.1) is 35.5 Å². The summed E-state index contributed by atoms with van der Waals surface area (Å²) in [6, 6.07) is 2.29. The van der Waals surface area contributed by atoms with Crippen molar-refractivity contribution in [1.29, 1.82) is 0 Å². The number of anilines is 1. The first kappa shape index (κ1) is 25.1. The molecule has 4 atom stereocenters. The fraction of sp³-hybridized carbons (Fsp3) is 0.375. The van der Waals surface area contributed by atoms with Crippen LogP contribution in [0.5, 0.6) is 5.88 Å². The molecule has 5 rings (SSSR count). The molecular weight excluding hydrogens is 506 g/mol. The van der Waals surface area contributed by atoms with Crippen molar-refractivity contribution < 1.29 is 27.5 Å². The van der Waals surface area contributed by atoms with Crippen LogP contribution in [0.1, 0.15) is 35.8 Å². The van der Waals surface area contributed by atoms with E-state index in [0.29, 0.717) is 12.5 Å². The third-order valence-electron chi connectivity index (χ3n) is 6.82. The van der Waals surface area contributed by atoms with Crippen molar-refractivity contribution in [1.82, 2.24) is 15.0 Å². The molecule has 37 heavy (non-hydrogen) atoms. The number of thioether (sulfide) groups is 1. The van der Waals surface area contributed by atoms with Crippen molar-refractivity contribution in [3.8, 4) is 5.88 Å². The third kappa shape index (κ3) is 4.42. The Hall–Kier alpha value is -3.58. The topological polar surface area (TPSA) is 138 Å². The average Bonchev–Trinajstić information content (AvgIpc) is 3.19. The highest BCUT2D eigenvalue weighted by Gasteiger charge is 2.72. The zero-order valence-electron chi connectivity index (χ0n) is 20.2. The number of nitrogens with one attached hydrogen (secondary N) is 1. The largest absolute Gasteiger partial charge is 0.467 e. The molecule has 2 aromatic heterocycles. The maximum atomic E-state index is 15.2. The van der Waals surface area contributed by atoms with Crippen LogP contribution in [0.2, 0.25) is 0 Å². The van der Waals surface area contributed by atoms with Crippen molar-refractivity contribution in [2.45, 2.75) is 30.7 Å². The van der Waals surface area contributed by atoms with Crippen molar-refractivity contribution in [2.75, 3.05) is 19.0 Å². The molecule has 13 heteroatoms. The van der Waals surface area contributed by atoms with Crippen LogP contribution >= 0.6 is 11.8 Å². The summed E-state index contributed by atoms with van der Waals surface area (Å²) in [5, 5.41) is 2.83. The molecule has 3 N–H and O–H groups in total. The summed E-state index contributed by atoms with van der Waals surface area (Å²) in [5.74, 6) is -2.37. The third-order valence-corrected chi connectivity index (χ3v) is 8.24. The maximum absolute atomic E-state index is 15.2. The van der Waals surface area contributed by atoms with E-state index in [2.05, 4.69) is 25.3 Å². The zero-order chi connectivity index (χ0) is 26.4. The van der Waals surface area contributed by atoms with Crippen molar-refractivity contribution >= 4 is 28.5 Å². The number of ether oxygens (including phenoxy) is 2. The Bertz CT molecular complexity index is 1360. The van der Waals surface area contributed by atoms with Crippen molar-refractivity contribution in [3.05, 3.63) is 65.8 Å². The highest BCUT2D eigenvalue weighted by molar-refractivity contribution is 8.15. The van der Waals surface area contributed by atoms with Crippen LogP contribution < -0.4 is 15.8 Å². The first-order chi connectivity index (χ1) is 17.7. The quantitative estimate of drug-likeness (QED) is 0.448. The van der Waals surface area contributed by atoms with Gasteiger partial charge in [0, 0.05) is 30.3 Å². The number of benzene rings is 1. The summed E-state index contributed by atoms with van der Waals surface area (Å²) in [7, 11) is 1.59. The number of fused-ring (bicyclic) bond motifs is 1. The number of methoxy groups -OCH3 is 1. The van der Waals surface area contributed by atoms with Gasteiger partial charge in [-0.15, -0.1) is 0 Å². The van der Waals surface area contributed by atoms with Crippen LogP contribution in [0.25, 0.3) is 0 Å². The number of aromatic nitrogens is 3. The number of aliphatic imine (C=N–C) groups is 1. The number of hydrogen-bond acceptors (Lipinski definition) is 10. The van der Waals surface area contributed by atoms with E-state index in [9.17, 15) is 9.18 Å². The second-order valence-corrected chi connectivity index (χ2v) is 10.5.